The molecule has 1 aromatic carbocycles. The zero-order valence-corrected chi connectivity index (χ0v) is 15.4. The van der Waals surface area contributed by atoms with Crippen LogP contribution < -0.4 is 4.74 Å². The molecule has 1 aromatic rings. The van der Waals surface area contributed by atoms with Gasteiger partial charge in [0, 0.05) is 20.2 Å². The van der Waals surface area contributed by atoms with Gasteiger partial charge in [-0.2, -0.15) is 0 Å². The van der Waals surface area contributed by atoms with Crippen molar-refractivity contribution < 1.29 is 19.0 Å². The van der Waals surface area contributed by atoms with E-state index in [1.54, 1.807) is 7.11 Å². The predicted octanol–water partition coefficient (Wildman–Crippen LogP) is 3.86. The molecule has 5 heteroatoms. The van der Waals surface area contributed by atoms with Crippen LogP contribution in [0.25, 0.3) is 0 Å². The zero-order chi connectivity index (χ0) is 17.7. The van der Waals surface area contributed by atoms with E-state index in [1.165, 1.54) is 5.56 Å². The van der Waals surface area contributed by atoms with E-state index in [4.69, 9.17) is 14.2 Å². The second-order valence-corrected chi connectivity index (χ2v) is 7.35. The molecule has 0 radical (unpaired) electrons. The number of rotatable bonds is 5. The third-order valence-electron chi connectivity index (χ3n) is 3.99. The highest BCUT2D eigenvalue weighted by Crippen LogP contribution is 2.24. The van der Waals surface area contributed by atoms with Gasteiger partial charge in [0.05, 0.1) is 0 Å². The SMILES string of the molecule is COC(C)Oc1cccc(CC2CCN(C(=O)OC(C)(C)C)C2)c1. The minimum absolute atomic E-state index is 0.212. The first-order valence-electron chi connectivity index (χ1n) is 8.53. The van der Waals surface area contributed by atoms with Crippen molar-refractivity contribution in [2.24, 2.45) is 5.92 Å². The van der Waals surface area contributed by atoms with Crippen LogP contribution in [-0.2, 0) is 15.9 Å². The minimum atomic E-state index is -0.446. The zero-order valence-electron chi connectivity index (χ0n) is 15.4. The van der Waals surface area contributed by atoms with Crippen LogP contribution in [0.2, 0.25) is 0 Å². The van der Waals surface area contributed by atoms with Gasteiger partial charge in [0.2, 0.25) is 0 Å². The molecule has 2 unspecified atom stereocenters. The first-order chi connectivity index (χ1) is 11.3. The summed E-state index contributed by atoms with van der Waals surface area (Å²) in [7, 11) is 1.62. The van der Waals surface area contributed by atoms with E-state index >= 15 is 0 Å². The number of nitrogens with zero attached hydrogens (tertiary/aromatic N) is 1. The van der Waals surface area contributed by atoms with E-state index in [0.717, 1.165) is 31.7 Å². The molecule has 1 fully saturated rings. The molecule has 0 N–H and O–H groups in total. The highest BCUT2D eigenvalue weighted by Gasteiger charge is 2.29. The van der Waals surface area contributed by atoms with Crippen molar-refractivity contribution in [2.45, 2.75) is 52.4 Å². The monoisotopic (exact) mass is 335 g/mol. The number of methoxy groups -OCH3 is 1. The summed E-state index contributed by atoms with van der Waals surface area (Å²) in [5.41, 5.74) is 0.769. The van der Waals surface area contributed by atoms with E-state index in [1.807, 2.05) is 50.8 Å². The number of benzene rings is 1. The van der Waals surface area contributed by atoms with Crippen LogP contribution in [-0.4, -0.2) is 43.1 Å². The quantitative estimate of drug-likeness (QED) is 0.767. The van der Waals surface area contributed by atoms with E-state index < -0.39 is 5.60 Å². The van der Waals surface area contributed by atoms with Crippen LogP contribution in [0.5, 0.6) is 5.75 Å². The van der Waals surface area contributed by atoms with Crippen molar-refractivity contribution >= 4 is 6.09 Å². The molecule has 24 heavy (non-hydrogen) atoms. The maximum atomic E-state index is 12.1. The second kappa shape index (κ2) is 7.88. The lowest BCUT2D eigenvalue weighted by molar-refractivity contribution is -0.0383. The molecule has 2 atom stereocenters. The predicted molar refractivity (Wildman–Crippen MR) is 93.2 cm³/mol. The Morgan fingerprint density at radius 3 is 2.79 bits per heavy atom. The lowest BCUT2D eigenvalue weighted by Gasteiger charge is -2.24. The Kier molecular flexibility index (Phi) is 6.10. The second-order valence-electron chi connectivity index (χ2n) is 7.35. The molecule has 0 spiro atoms. The molecule has 5 nitrogen and oxygen atoms in total. The standard InChI is InChI=1S/C19H29NO4/c1-14(22-5)23-17-8-6-7-15(12-17)11-16-9-10-20(13-16)18(21)24-19(2,3)4/h6-8,12,14,16H,9-11,13H2,1-5H3. The van der Waals surface area contributed by atoms with Gasteiger partial charge in [0.1, 0.15) is 11.4 Å². The van der Waals surface area contributed by atoms with Crippen molar-refractivity contribution in [1.29, 1.82) is 0 Å². The first kappa shape index (κ1) is 18.6. The Labute approximate surface area is 144 Å². The highest BCUT2D eigenvalue weighted by molar-refractivity contribution is 5.68. The van der Waals surface area contributed by atoms with Crippen molar-refractivity contribution in [1.82, 2.24) is 4.90 Å². The lowest BCUT2D eigenvalue weighted by Crippen LogP contribution is -2.35. The Hall–Kier alpha value is -1.75. The van der Waals surface area contributed by atoms with Crippen LogP contribution in [0.3, 0.4) is 0 Å². The van der Waals surface area contributed by atoms with Crippen LogP contribution in [0.15, 0.2) is 24.3 Å². The molecule has 2 rings (SSSR count). The number of hydrogen-bond donors (Lipinski definition) is 0. The lowest BCUT2D eigenvalue weighted by atomic mass is 9.98. The summed E-state index contributed by atoms with van der Waals surface area (Å²) >= 11 is 0. The summed E-state index contributed by atoms with van der Waals surface area (Å²) in [6.07, 6.45) is 1.45. The van der Waals surface area contributed by atoms with E-state index in [2.05, 4.69) is 6.07 Å². The minimum Gasteiger partial charge on any atom is -0.465 e. The average Bonchev–Trinajstić information content (AvgIpc) is 2.94. The Morgan fingerprint density at radius 2 is 2.12 bits per heavy atom. The van der Waals surface area contributed by atoms with Crippen LogP contribution in [0.4, 0.5) is 4.79 Å². The Balaban J connectivity index is 1.89. The Morgan fingerprint density at radius 1 is 1.38 bits per heavy atom. The topological polar surface area (TPSA) is 48.0 Å². The third kappa shape index (κ3) is 5.71. The largest absolute Gasteiger partial charge is 0.465 e. The van der Waals surface area contributed by atoms with Crippen molar-refractivity contribution in [3.8, 4) is 5.75 Å². The molecule has 134 valence electrons. The molecule has 0 aromatic heterocycles. The Bertz CT molecular complexity index is 553. The summed E-state index contributed by atoms with van der Waals surface area (Å²) in [6.45, 7) is 9.05. The van der Waals surface area contributed by atoms with Gasteiger partial charge >= 0.3 is 6.09 Å². The summed E-state index contributed by atoms with van der Waals surface area (Å²) in [5.74, 6) is 1.26. The molecule has 0 aliphatic carbocycles. The van der Waals surface area contributed by atoms with Gasteiger partial charge in [0.25, 0.3) is 0 Å². The summed E-state index contributed by atoms with van der Waals surface area (Å²) in [4.78, 5) is 13.9. The number of ether oxygens (including phenoxy) is 3. The van der Waals surface area contributed by atoms with Crippen molar-refractivity contribution in [3.63, 3.8) is 0 Å². The fraction of sp³-hybridized carbons (Fsp3) is 0.632. The van der Waals surface area contributed by atoms with E-state index in [0.29, 0.717) is 5.92 Å². The molecule has 1 amide bonds. The molecule has 1 saturated heterocycles. The van der Waals surface area contributed by atoms with Gasteiger partial charge in [-0.1, -0.05) is 12.1 Å². The van der Waals surface area contributed by atoms with Crippen LogP contribution >= 0.6 is 0 Å². The third-order valence-corrected chi connectivity index (χ3v) is 3.99. The molecular weight excluding hydrogens is 306 g/mol. The smallest absolute Gasteiger partial charge is 0.410 e. The molecule has 0 saturated carbocycles. The number of carbonyl (C=O) groups excluding carboxylic acids is 1. The molecule has 1 aliphatic heterocycles. The number of carbonyl (C=O) groups is 1. The number of likely N-dealkylation sites (tertiary alicyclic amines) is 1. The van der Waals surface area contributed by atoms with Gasteiger partial charge in [-0.3, -0.25) is 0 Å². The first-order valence-corrected chi connectivity index (χ1v) is 8.53. The van der Waals surface area contributed by atoms with E-state index in [-0.39, 0.29) is 12.4 Å². The van der Waals surface area contributed by atoms with Gasteiger partial charge in [-0.05, 0) is 64.2 Å². The van der Waals surface area contributed by atoms with Crippen LogP contribution in [0.1, 0.15) is 39.7 Å². The molecule has 1 heterocycles. The van der Waals surface area contributed by atoms with Gasteiger partial charge in [-0.25, -0.2) is 4.79 Å². The molecule has 1 aliphatic rings. The van der Waals surface area contributed by atoms with Gasteiger partial charge in [-0.15, -0.1) is 0 Å². The molecule has 0 bridgehead atoms. The fourth-order valence-corrected chi connectivity index (χ4v) is 2.81. The average molecular weight is 335 g/mol. The summed E-state index contributed by atoms with van der Waals surface area (Å²) in [6, 6.07) is 8.07. The van der Waals surface area contributed by atoms with Crippen LogP contribution in [0, 0.1) is 5.92 Å². The van der Waals surface area contributed by atoms with Gasteiger partial charge < -0.3 is 19.1 Å². The van der Waals surface area contributed by atoms with Crippen molar-refractivity contribution in [2.75, 3.05) is 20.2 Å². The maximum Gasteiger partial charge on any atom is 0.410 e. The van der Waals surface area contributed by atoms with Crippen molar-refractivity contribution in [3.05, 3.63) is 29.8 Å². The summed E-state index contributed by atoms with van der Waals surface area (Å²) < 4.78 is 16.3. The molecular formula is C19H29NO4. The fourth-order valence-electron chi connectivity index (χ4n) is 2.81. The van der Waals surface area contributed by atoms with E-state index in [9.17, 15) is 4.79 Å². The highest BCUT2D eigenvalue weighted by atomic mass is 16.7. The normalized spacial score (nSPS) is 19.2. The summed E-state index contributed by atoms with van der Waals surface area (Å²) in [5, 5.41) is 0. The van der Waals surface area contributed by atoms with Gasteiger partial charge in [0.15, 0.2) is 6.29 Å². The maximum absolute atomic E-state index is 12.1. The number of hydrogen-bond acceptors (Lipinski definition) is 4. The number of amides is 1.